The van der Waals surface area contributed by atoms with Crippen LogP contribution in [-0.4, -0.2) is 37.4 Å². The van der Waals surface area contributed by atoms with Crippen LogP contribution in [0.2, 0.25) is 0 Å². The fourth-order valence-corrected chi connectivity index (χ4v) is 3.04. The lowest BCUT2D eigenvalue weighted by atomic mass is 9.94. The summed E-state index contributed by atoms with van der Waals surface area (Å²) < 4.78 is 2.08. The summed E-state index contributed by atoms with van der Waals surface area (Å²) in [7, 11) is 0. The molecule has 0 saturated carbocycles. The van der Waals surface area contributed by atoms with Gasteiger partial charge in [-0.3, -0.25) is 4.40 Å². The quantitative estimate of drug-likeness (QED) is 0.717. The van der Waals surface area contributed by atoms with Crippen LogP contribution in [-0.2, 0) is 0 Å². The molecule has 6 nitrogen and oxygen atoms in total. The largest absolute Gasteiger partial charge is 0.340 e. The normalized spacial score (nSPS) is 19.0. The highest BCUT2D eigenvalue weighted by Crippen LogP contribution is 2.28. The van der Waals surface area contributed by atoms with E-state index in [1.165, 1.54) is 12.1 Å². The summed E-state index contributed by atoms with van der Waals surface area (Å²) in [4.78, 5) is 19.5. The molecule has 21 heavy (non-hydrogen) atoms. The van der Waals surface area contributed by atoms with Gasteiger partial charge >= 0.3 is 0 Å². The van der Waals surface area contributed by atoms with Crippen molar-refractivity contribution < 1.29 is 0 Å². The van der Waals surface area contributed by atoms with Crippen LogP contribution in [0.5, 0.6) is 0 Å². The third kappa shape index (κ3) is 2.22. The predicted molar refractivity (Wildman–Crippen MR) is 79.2 cm³/mol. The van der Waals surface area contributed by atoms with Crippen molar-refractivity contribution in [2.75, 3.05) is 18.0 Å². The first-order valence-corrected chi connectivity index (χ1v) is 7.22. The first-order chi connectivity index (χ1) is 10.4. The standard InChI is InChI=1S/C15H16N6/c1-3-12(11-20(9-1)14-16-5-2-6-17-14)13-4-7-18-15-19-8-10-21(13)15/h2,4-8,10,12H,1,3,9,11H2/t12-/m0/s1. The lowest BCUT2D eigenvalue weighted by Gasteiger charge is -2.33. The second kappa shape index (κ2) is 5.12. The zero-order valence-corrected chi connectivity index (χ0v) is 11.6. The predicted octanol–water partition coefficient (Wildman–Crippen LogP) is 1.90. The summed E-state index contributed by atoms with van der Waals surface area (Å²) in [6.07, 6.45) is 11.5. The maximum Gasteiger partial charge on any atom is 0.233 e. The van der Waals surface area contributed by atoms with Gasteiger partial charge in [0, 0.05) is 55.7 Å². The zero-order chi connectivity index (χ0) is 14.1. The van der Waals surface area contributed by atoms with E-state index in [4.69, 9.17) is 0 Å². The number of hydrogen-bond donors (Lipinski definition) is 0. The Morgan fingerprint density at radius 3 is 2.76 bits per heavy atom. The summed E-state index contributed by atoms with van der Waals surface area (Å²) in [5.41, 5.74) is 1.26. The summed E-state index contributed by atoms with van der Waals surface area (Å²) in [6, 6.07) is 3.94. The third-order valence-electron chi connectivity index (χ3n) is 4.01. The Hall–Kier alpha value is -2.50. The van der Waals surface area contributed by atoms with Crippen LogP contribution in [0.1, 0.15) is 24.5 Å². The van der Waals surface area contributed by atoms with Crippen LogP contribution in [0.3, 0.4) is 0 Å². The van der Waals surface area contributed by atoms with Gasteiger partial charge in [0.2, 0.25) is 11.7 Å². The van der Waals surface area contributed by atoms with Crippen molar-refractivity contribution in [3.8, 4) is 0 Å². The third-order valence-corrected chi connectivity index (χ3v) is 4.01. The fraction of sp³-hybridized carbons (Fsp3) is 0.333. The number of nitrogens with zero attached hydrogens (tertiary/aromatic N) is 6. The summed E-state index contributed by atoms with van der Waals surface area (Å²) >= 11 is 0. The van der Waals surface area contributed by atoms with Gasteiger partial charge in [-0.1, -0.05) is 0 Å². The Bertz CT molecular complexity index is 738. The SMILES string of the molecule is c1cnc(N2CCC[C@H](c3ccnc4nccn34)C2)nc1. The van der Waals surface area contributed by atoms with Gasteiger partial charge in [-0.15, -0.1) is 0 Å². The van der Waals surface area contributed by atoms with Gasteiger partial charge in [-0.05, 0) is 25.0 Å². The van der Waals surface area contributed by atoms with E-state index >= 15 is 0 Å². The maximum absolute atomic E-state index is 4.37. The number of aromatic nitrogens is 5. The van der Waals surface area contributed by atoms with Gasteiger partial charge in [0.05, 0.1) is 0 Å². The average Bonchev–Trinajstić information content (AvgIpc) is 3.04. The van der Waals surface area contributed by atoms with Crippen LogP contribution in [0.4, 0.5) is 5.95 Å². The van der Waals surface area contributed by atoms with E-state index in [0.29, 0.717) is 5.92 Å². The molecule has 0 amide bonds. The second-order valence-electron chi connectivity index (χ2n) is 5.30. The Balaban J connectivity index is 1.65. The van der Waals surface area contributed by atoms with E-state index in [-0.39, 0.29) is 0 Å². The molecule has 1 atom stereocenters. The summed E-state index contributed by atoms with van der Waals surface area (Å²) in [6.45, 7) is 1.94. The molecule has 1 aliphatic heterocycles. The lowest BCUT2D eigenvalue weighted by Crippen LogP contribution is -2.36. The molecule has 0 unspecified atom stereocenters. The minimum atomic E-state index is 0.447. The van der Waals surface area contributed by atoms with Crippen LogP contribution >= 0.6 is 0 Å². The molecule has 0 spiro atoms. The fourth-order valence-electron chi connectivity index (χ4n) is 3.04. The van der Waals surface area contributed by atoms with Crippen LogP contribution in [0.15, 0.2) is 43.1 Å². The molecule has 0 bridgehead atoms. The molecule has 0 aliphatic carbocycles. The molecule has 1 aliphatic rings. The monoisotopic (exact) mass is 280 g/mol. The Morgan fingerprint density at radius 2 is 1.86 bits per heavy atom. The second-order valence-corrected chi connectivity index (χ2v) is 5.30. The molecule has 6 heteroatoms. The van der Waals surface area contributed by atoms with Gasteiger partial charge in [0.15, 0.2) is 0 Å². The Kier molecular flexibility index (Phi) is 2.99. The van der Waals surface area contributed by atoms with E-state index in [2.05, 4.69) is 35.3 Å². The minimum absolute atomic E-state index is 0.447. The highest BCUT2D eigenvalue weighted by molar-refractivity contribution is 5.35. The molecule has 0 radical (unpaired) electrons. The van der Waals surface area contributed by atoms with Gasteiger partial charge in [0.25, 0.3) is 0 Å². The zero-order valence-electron chi connectivity index (χ0n) is 11.6. The topological polar surface area (TPSA) is 59.2 Å². The van der Waals surface area contributed by atoms with E-state index in [9.17, 15) is 0 Å². The molecule has 1 saturated heterocycles. The molecule has 0 N–H and O–H groups in total. The molecule has 3 aromatic rings. The molecule has 4 heterocycles. The first-order valence-electron chi connectivity index (χ1n) is 7.22. The number of rotatable bonds is 2. The molecular formula is C15H16N6. The maximum atomic E-state index is 4.37. The number of fused-ring (bicyclic) bond motifs is 1. The van der Waals surface area contributed by atoms with Crippen molar-refractivity contribution in [1.29, 1.82) is 0 Å². The number of hydrogen-bond acceptors (Lipinski definition) is 5. The molecule has 3 aromatic heterocycles. The van der Waals surface area contributed by atoms with E-state index < -0.39 is 0 Å². The number of anilines is 1. The first kappa shape index (κ1) is 12.3. The number of piperidine rings is 1. The van der Waals surface area contributed by atoms with Crippen molar-refractivity contribution in [2.24, 2.45) is 0 Å². The van der Waals surface area contributed by atoms with E-state index in [1.54, 1.807) is 18.6 Å². The van der Waals surface area contributed by atoms with E-state index in [1.807, 2.05) is 18.5 Å². The molecule has 106 valence electrons. The summed E-state index contributed by atoms with van der Waals surface area (Å²) in [5, 5.41) is 0. The van der Waals surface area contributed by atoms with Crippen molar-refractivity contribution in [2.45, 2.75) is 18.8 Å². The van der Waals surface area contributed by atoms with Gasteiger partial charge in [-0.25, -0.2) is 19.9 Å². The average molecular weight is 280 g/mol. The van der Waals surface area contributed by atoms with Gasteiger partial charge < -0.3 is 4.90 Å². The smallest absolute Gasteiger partial charge is 0.233 e. The Morgan fingerprint density at radius 1 is 1.00 bits per heavy atom. The van der Waals surface area contributed by atoms with Gasteiger partial charge in [-0.2, -0.15) is 0 Å². The van der Waals surface area contributed by atoms with Crippen LogP contribution in [0.25, 0.3) is 5.78 Å². The molecule has 4 rings (SSSR count). The molecule has 0 aromatic carbocycles. The minimum Gasteiger partial charge on any atom is -0.340 e. The van der Waals surface area contributed by atoms with Crippen molar-refractivity contribution in [3.63, 3.8) is 0 Å². The summed E-state index contributed by atoms with van der Waals surface area (Å²) in [5.74, 6) is 2.03. The number of imidazole rings is 1. The van der Waals surface area contributed by atoms with E-state index in [0.717, 1.165) is 31.2 Å². The van der Waals surface area contributed by atoms with Crippen molar-refractivity contribution in [3.05, 3.63) is 48.8 Å². The van der Waals surface area contributed by atoms with Gasteiger partial charge in [0.1, 0.15) is 0 Å². The lowest BCUT2D eigenvalue weighted by molar-refractivity contribution is 0.491. The van der Waals surface area contributed by atoms with Crippen LogP contribution < -0.4 is 4.90 Å². The van der Waals surface area contributed by atoms with Crippen molar-refractivity contribution in [1.82, 2.24) is 24.3 Å². The highest BCUT2D eigenvalue weighted by Gasteiger charge is 2.24. The van der Waals surface area contributed by atoms with Crippen molar-refractivity contribution >= 4 is 11.7 Å². The van der Waals surface area contributed by atoms with Crippen LogP contribution in [0, 0.1) is 0 Å². The highest BCUT2D eigenvalue weighted by atomic mass is 15.3. The Labute approximate surface area is 122 Å². The molecule has 1 fully saturated rings. The molecular weight excluding hydrogens is 264 g/mol.